The number of aromatic nitrogens is 3. The Hall–Kier alpha value is -1.77. The average molecular weight is 239 g/mol. The van der Waals surface area contributed by atoms with Gasteiger partial charge in [0.25, 0.3) is 0 Å². The third-order valence-corrected chi connectivity index (χ3v) is 3.55. The normalized spacial score (nSPS) is 15.4. The lowest BCUT2D eigenvalue weighted by Crippen LogP contribution is -2.12. The number of hydrogen-bond donors (Lipinski definition) is 0. The molecule has 0 N–H and O–H groups in total. The maximum Gasteiger partial charge on any atom is 0.159 e. The number of hydrogen-bond acceptors (Lipinski definition) is 3. The number of pyridine rings is 1. The molecule has 0 aliphatic heterocycles. The Morgan fingerprint density at radius 2 is 1.89 bits per heavy atom. The van der Waals surface area contributed by atoms with E-state index in [1.54, 1.807) is 0 Å². The Morgan fingerprint density at radius 1 is 1.06 bits per heavy atom. The van der Waals surface area contributed by atoms with Crippen molar-refractivity contribution < 1.29 is 0 Å². The summed E-state index contributed by atoms with van der Waals surface area (Å²) in [6.07, 6.45) is 5.69. The van der Waals surface area contributed by atoms with Gasteiger partial charge in [-0.15, -0.1) is 0 Å². The van der Waals surface area contributed by atoms with Crippen molar-refractivity contribution >= 4 is 0 Å². The summed E-state index contributed by atoms with van der Waals surface area (Å²) in [4.78, 5) is 13.5. The van der Waals surface area contributed by atoms with E-state index in [-0.39, 0.29) is 0 Å². The fraction of sp³-hybridized carbons (Fsp3) is 0.400. The number of rotatable bonds is 2. The maximum atomic E-state index is 4.73. The zero-order valence-electron chi connectivity index (χ0n) is 10.8. The minimum absolute atomic E-state index is 0.647. The highest BCUT2D eigenvalue weighted by atomic mass is 14.9. The van der Waals surface area contributed by atoms with Crippen molar-refractivity contribution in [1.82, 2.24) is 15.0 Å². The van der Waals surface area contributed by atoms with Crippen LogP contribution in [0.3, 0.4) is 0 Å². The van der Waals surface area contributed by atoms with Crippen LogP contribution >= 0.6 is 0 Å². The van der Waals surface area contributed by atoms with Gasteiger partial charge in [0.2, 0.25) is 0 Å². The van der Waals surface area contributed by atoms with Gasteiger partial charge in [-0.05, 0) is 44.9 Å². The molecule has 0 saturated heterocycles. The summed E-state index contributed by atoms with van der Waals surface area (Å²) in [6, 6.07) is 6.15. The van der Waals surface area contributed by atoms with Gasteiger partial charge in [-0.2, -0.15) is 0 Å². The van der Waals surface area contributed by atoms with Crippen LogP contribution in [-0.4, -0.2) is 15.0 Å². The van der Waals surface area contributed by atoms with Gasteiger partial charge in [0, 0.05) is 34.8 Å². The molecule has 1 aliphatic carbocycles. The van der Waals surface area contributed by atoms with Gasteiger partial charge in [-0.1, -0.05) is 6.42 Å². The summed E-state index contributed by atoms with van der Waals surface area (Å²) in [5.41, 5.74) is 4.32. The Bertz CT molecular complexity index is 574. The van der Waals surface area contributed by atoms with Gasteiger partial charge < -0.3 is 0 Å². The molecule has 0 spiro atoms. The average Bonchev–Trinajstić information content (AvgIpc) is 2.26. The number of aryl methyl sites for hydroxylation is 2. The summed E-state index contributed by atoms with van der Waals surface area (Å²) >= 11 is 0. The standard InChI is InChI=1S/C15H17N3/c1-10-8-13(6-7-16-10)15-17-11(2)9-14(18-15)12-4-3-5-12/h6-9,12H,3-5H2,1-2H3. The molecule has 2 aromatic rings. The van der Waals surface area contributed by atoms with E-state index < -0.39 is 0 Å². The molecule has 0 bridgehead atoms. The SMILES string of the molecule is Cc1cc(-c2nc(C)cc(C3CCC3)n2)ccn1. The van der Waals surface area contributed by atoms with Crippen LogP contribution in [0, 0.1) is 13.8 Å². The summed E-state index contributed by atoms with van der Waals surface area (Å²) in [5, 5.41) is 0. The topological polar surface area (TPSA) is 38.7 Å². The molecule has 92 valence electrons. The molecule has 0 radical (unpaired) electrons. The quantitative estimate of drug-likeness (QED) is 0.806. The molecular formula is C15H17N3. The molecule has 0 aromatic carbocycles. The molecule has 0 atom stereocenters. The Balaban J connectivity index is 2.03. The molecule has 2 aromatic heterocycles. The third-order valence-electron chi connectivity index (χ3n) is 3.55. The van der Waals surface area contributed by atoms with Gasteiger partial charge in [-0.3, -0.25) is 4.98 Å². The van der Waals surface area contributed by atoms with E-state index in [2.05, 4.69) is 16.0 Å². The van der Waals surface area contributed by atoms with E-state index in [0.29, 0.717) is 5.92 Å². The van der Waals surface area contributed by atoms with Crippen molar-refractivity contribution in [3.63, 3.8) is 0 Å². The van der Waals surface area contributed by atoms with Crippen LogP contribution in [0.5, 0.6) is 0 Å². The van der Waals surface area contributed by atoms with Crippen LogP contribution in [0.4, 0.5) is 0 Å². The molecule has 0 unspecified atom stereocenters. The molecule has 3 heteroatoms. The first kappa shape index (κ1) is 11.3. The van der Waals surface area contributed by atoms with Gasteiger partial charge in [-0.25, -0.2) is 9.97 Å². The lowest BCUT2D eigenvalue weighted by atomic mass is 9.82. The molecule has 3 rings (SSSR count). The van der Waals surface area contributed by atoms with Gasteiger partial charge >= 0.3 is 0 Å². The molecule has 3 nitrogen and oxygen atoms in total. The van der Waals surface area contributed by atoms with E-state index in [4.69, 9.17) is 4.98 Å². The largest absolute Gasteiger partial charge is 0.262 e. The predicted molar refractivity (Wildman–Crippen MR) is 71.3 cm³/mol. The lowest BCUT2D eigenvalue weighted by Gasteiger charge is -2.25. The smallest absolute Gasteiger partial charge is 0.159 e. The minimum atomic E-state index is 0.647. The maximum absolute atomic E-state index is 4.73. The Kier molecular flexibility index (Phi) is 2.82. The molecule has 18 heavy (non-hydrogen) atoms. The van der Waals surface area contributed by atoms with Crippen LogP contribution in [-0.2, 0) is 0 Å². The fourth-order valence-corrected chi connectivity index (χ4v) is 2.32. The second-order valence-electron chi connectivity index (χ2n) is 5.07. The minimum Gasteiger partial charge on any atom is -0.262 e. The van der Waals surface area contributed by atoms with E-state index in [1.807, 2.05) is 32.2 Å². The highest BCUT2D eigenvalue weighted by molar-refractivity contribution is 5.55. The van der Waals surface area contributed by atoms with Crippen LogP contribution in [0.15, 0.2) is 24.4 Å². The van der Waals surface area contributed by atoms with Gasteiger partial charge in [0.1, 0.15) is 0 Å². The van der Waals surface area contributed by atoms with Crippen molar-refractivity contribution in [1.29, 1.82) is 0 Å². The van der Waals surface area contributed by atoms with Gasteiger partial charge in [0.05, 0.1) is 0 Å². The predicted octanol–water partition coefficient (Wildman–Crippen LogP) is 3.42. The highest BCUT2D eigenvalue weighted by Gasteiger charge is 2.21. The van der Waals surface area contributed by atoms with E-state index in [9.17, 15) is 0 Å². The summed E-state index contributed by atoms with van der Waals surface area (Å²) in [6.45, 7) is 4.04. The Labute approximate surface area is 107 Å². The van der Waals surface area contributed by atoms with E-state index in [0.717, 1.165) is 22.8 Å². The van der Waals surface area contributed by atoms with Gasteiger partial charge in [0.15, 0.2) is 5.82 Å². The molecular weight excluding hydrogens is 222 g/mol. The van der Waals surface area contributed by atoms with Crippen molar-refractivity contribution in [3.05, 3.63) is 41.5 Å². The third kappa shape index (κ3) is 2.13. The van der Waals surface area contributed by atoms with Crippen LogP contribution < -0.4 is 0 Å². The molecule has 1 aliphatic rings. The molecule has 1 fully saturated rings. The van der Waals surface area contributed by atoms with Crippen LogP contribution in [0.25, 0.3) is 11.4 Å². The second-order valence-corrected chi connectivity index (χ2v) is 5.07. The first-order chi connectivity index (χ1) is 8.72. The van der Waals surface area contributed by atoms with E-state index in [1.165, 1.54) is 25.0 Å². The second kappa shape index (κ2) is 4.48. The number of nitrogens with zero attached hydrogens (tertiary/aromatic N) is 3. The monoisotopic (exact) mass is 239 g/mol. The zero-order chi connectivity index (χ0) is 12.5. The van der Waals surface area contributed by atoms with Crippen molar-refractivity contribution in [2.45, 2.75) is 39.0 Å². The first-order valence-electron chi connectivity index (χ1n) is 6.51. The molecule has 0 amide bonds. The fourth-order valence-electron chi connectivity index (χ4n) is 2.32. The van der Waals surface area contributed by atoms with E-state index >= 15 is 0 Å². The molecule has 1 saturated carbocycles. The van der Waals surface area contributed by atoms with Crippen molar-refractivity contribution in [2.75, 3.05) is 0 Å². The first-order valence-corrected chi connectivity index (χ1v) is 6.51. The Morgan fingerprint density at radius 3 is 2.56 bits per heavy atom. The summed E-state index contributed by atoms with van der Waals surface area (Å²) in [5.74, 6) is 1.48. The summed E-state index contributed by atoms with van der Waals surface area (Å²) in [7, 11) is 0. The zero-order valence-corrected chi connectivity index (χ0v) is 10.8. The van der Waals surface area contributed by atoms with Crippen molar-refractivity contribution in [3.8, 4) is 11.4 Å². The molecule has 2 heterocycles. The lowest BCUT2D eigenvalue weighted by molar-refractivity contribution is 0.410. The van der Waals surface area contributed by atoms with Crippen LogP contribution in [0.1, 0.15) is 42.3 Å². The van der Waals surface area contributed by atoms with Crippen molar-refractivity contribution in [2.24, 2.45) is 0 Å². The highest BCUT2D eigenvalue weighted by Crippen LogP contribution is 2.36. The summed E-state index contributed by atoms with van der Waals surface area (Å²) < 4.78 is 0. The van der Waals surface area contributed by atoms with Crippen LogP contribution in [0.2, 0.25) is 0 Å².